The molecular weight excluding hydrogens is 392 g/mol. The molecule has 1 aliphatic heterocycles. The first-order valence-electron chi connectivity index (χ1n) is 10.9. The molecule has 8 heteroatoms. The molecule has 1 spiro atoms. The maximum Gasteiger partial charge on any atom is 0.254 e. The normalized spacial score (nSPS) is 20.2. The predicted molar refractivity (Wildman–Crippen MR) is 115 cm³/mol. The van der Waals surface area contributed by atoms with E-state index in [0.717, 1.165) is 48.3 Å². The molecular formula is C23H26N6O2. The molecule has 160 valence electrons. The Hall–Kier alpha value is -3.29. The van der Waals surface area contributed by atoms with Crippen molar-refractivity contribution in [3.63, 3.8) is 0 Å². The van der Waals surface area contributed by atoms with Gasteiger partial charge in [0.2, 0.25) is 5.91 Å². The van der Waals surface area contributed by atoms with Crippen LogP contribution in [0.15, 0.2) is 41.6 Å². The lowest BCUT2D eigenvalue weighted by Gasteiger charge is -2.40. The molecule has 2 aliphatic rings. The molecule has 8 nitrogen and oxygen atoms in total. The molecule has 0 bridgehead atoms. The Morgan fingerprint density at radius 2 is 2.19 bits per heavy atom. The van der Waals surface area contributed by atoms with Crippen LogP contribution in [0.1, 0.15) is 42.6 Å². The molecule has 1 amide bonds. The van der Waals surface area contributed by atoms with Crippen LogP contribution in [0.25, 0.3) is 11.4 Å². The van der Waals surface area contributed by atoms with Crippen molar-refractivity contribution in [2.75, 3.05) is 13.1 Å². The zero-order valence-corrected chi connectivity index (χ0v) is 17.7. The van der Waals surface area contributed by atoms with E-state index in [1.54, 1.807) is 12.4 Å². The second kappa shape index (κ2) is 7.76. The van der Waals surface area contributed by atoms with E-state index >= 15 is 0 Å². The van der Waals surface area contributed by atoms with Crippen molar-refractivity contribution in [1.29, 1.82) is 0 Å². The lowest BCUT2D eigenvalue weighted by molar-refractivity contribution is -0.133. The van der Waals surface area contributed by atoms with Crippen molar-refractivity contribution in [3.8, 4) is 11.4 Å². The number of H-pyrrole nitrogens is 1. The number of piperidine rings is 1. The summed E-state index contributed by atoms with van der Waals surface area (Å²) in [4.78, 5) is 39.7. The van der Waals surface area contributed by atoms with Crippen LogP contribution in [-0.2, 0) is 23.2 Å². The van der Waals surface area contributed by atoms with Crippen molar-refractivity contribution in [1.82, 2.24) is 29.6 Å². The summed E-state index contributed by atoms with van der Waals surface area (Å²) in [5.41, 5.74) is 3.08. The molecule has 0 aromatic carbocycles. The summed E-state index contributed by atoms with van der Waals surface area (Å²) >= 11 is 0. The Morgan fingerprint density at radius 3 is 2.97 bits per heavy atom. The van der Waals surface area contributed by atoms with Crippen molar-refractivity contribution >= 4 is 5.91 Å². The van der Waals surface area contributed by atoms with Crippen molar-refractivity contribution in [2.45, 2.75) is 51.0 Å². The second-order valence-electron chi connectivity index (χ2n) is 8.65. The van der Waals surface area contributed by atoms with Gasteiger partial charge in [0.15, 0.2) is 0 Å². The van der Waals surface area contributed by atoms with E-state index in [2.05, 4.69) is 15.1 Å². The van der Waals surface area contributed by atoms with Crippen LogP contribution in [0.5, 0.6) is 0 Å². The van der Waals surface area contributed by atoms with Crippen LogP contribution in [0.2, 0.25) is 0 Å². The fraction of sp³-hybridized carbons (Fsp3) is 0.435. The van der Waals surface area contributed by atoms with E-state index in [0.29, 0.717) is 31.8 Å². The Kier molecular flexibility index (Phi) is 4.92. The molecule has 31 heavy (non-hydrogen) atoms. The van der Waals surface area contributed by atoms with Crippen molar-refractivity contribution < 1.29 is 4.79 Å². The van der Waals surface area contributed by atoms with Gasteiger partial charge in [0.05, 0.1) is 11.4 Å². The molecule has 1 N–H and O–H groups in total. The van der Waals surface area contributed by atoms with E-state index in [1.807, 2.05) is 40.9 Å². The largest absolute Gasteiger partial charge is 0.342 e. The van der Waals surface area contributed by atoms with Gasteiger partial charge in [0.25, 0.3) is 5.56 Å². The number of fused-ring (bicyclic) bond motifs is 2. The Bertz CT molecular complexity index is 1170. The zero-order valence-electron chi connectivity index (χ0n) is 17.7. The minimum Gasteiger partial charge on any atom is -0.342 e. The molecule has 0 saturated carbocycles. The number of aryl methyl sites for hydroxylation is 2. The van der Waals surface area contributed by atoms with Crippen LogP contribution in [-0.4, -0.2) is 48.6 Å². The molecule has 1 fully saturated rings. The summed E-state index contributed by atoms with van der Waals surface area (Å²) in [7, 11) is 0. The third-order valence-electron chi connectivity index (χ3n) is 6.56. The van der Waals surface area contributed by atoms with Crippen molar-refractivity contribution in [3.05, 3.63) is 64.1 Å². The van der Waals surface area contributed by atoms with Gasteiger partial charge in [-0.25, -0.2) is 4.98 Å². The smallest absolute Gasteiger partial charge is 0.254 e. The van der Waals surface area contributed by atoms with E-state index in [1.165, 1.54) is 0 Å². The fourth-order valence-corrected chi connectivity index (χ4v) is 4.99. The number of likely N-dealkylation sites (tertiary alicyclic amines) is 1. The Labute approximate surface area is 180 Å². The van der Waals surface area contributed by atoms with E-state index in [-0.39, 0.29) is 16.9 Å². The van der Waals surface area contributed by atoms with E-state index < -0.39 is 0 Å². The number of nitrogens with zero attached hydrogens (tertiary/aromatic N) is 5. The lowest BCUT2D eigenvalue weighted by Crippen LogP contribution is -2.48. The minimum absolute atomic E-state index is 0.0711. The standard InChI is InChI=1S/C23H26N6O2/c1-16-6-12-29(27-16)13-7-19(30)28-11-3-8-23(15-28)9-5-18-20(23)25-21(26-22(18)31)17-4-2-10-24-14-17/h2,4,6,10,12,14H,3,5,7-9,11,13,15H2,1H3,(H,25,26,31). The first kappa shape index (κ1) is 19.7. The summed E-state index contributed by atoms with van der Waals surface area (Å²) in [5.74, 6) is 0.689. The number of aromatic amines is 1. The summed E-state index contributed by atoms with van der Waals surface area (Å²) in [6.07, 6.45) is 9.17. The SMILES string of the molecule is Cc1ccn(CCC(=O)N2CCCC3(CCc4c3nc(-c3cccnc3)[nH]c4=O)C2)n1. The highest BCUT2D eigenvalue weighted by molar-refractivity contribution is 5.76. The van der Waals surface area contributed by atoms with Gasteiger partial charge in [0.1, 0.15) is 5.82 Å². The second-order valence-corrected chi connectivity index (χ2v) is 8.65. The van der Waals surface area contributed by atoms with Gasteiger partial charge in [-0.1, -0.05) is 0 Å². The number of carbonyl (C=O) groups excluding carboxylic acids is 1. The molecule has 1 atom stereocenters. The summed E-state index contributed by atoms with van der Waals surface area (Å²) < 4.78 is 1.82. The highest BCUT2D eigenvalue weighted by Gasteiger charge is 2.45. The third-order valence-corrected chi connectivity index (χ3v) is 6.56. The fourth-order valence-electron chi connectivity index (χ4n) is 4.99. The van der Waals surface area contributed by atoms with E-state index in [9.17, 15) is 9.59 Å². The molecule has 0 radical (unpaired) electrons. The van der Waals surface area contributed by atoms with Gasteiger partial charge >= 0.3 is 0 Å². The first-order chi connectivity index (χ1) is 15.0. The Balaban J connectivity index is 1.39. The summed E-state index contributed by atoms with van der Waals surface area (Å²) in [5, 5.41) is 4.37. The van der Waals surface area contributed by atoms with Crippen LogP contribution >= 0.6 is 0 Å². The number of carbonyl (C=O) groups is 1. The average Bonchev–Trinajstić information content (AvgIpc) is 3.36. The molecule has 5 rings (SSSR count). The van der Waals surface area contributed by atoms with Gasteiger partial charge in [-0.05, 0) is 50.8 Å². The average molecular weight is 419 g/mol. The number of nitrogens with one attached hydrogen (secondary N) is 1. The van der Waals surface area contributed by atoms with Crippen LogP contribution < -0.4 is 5.56 Å². The first-order valence-corrected chi connectivity index (χ1v) is 10.9. The van der Waals surface area contributed by atoms with Gasteiger partial charge in [-0.15, -0.1) is 0 Å². The van der Waals surface area contributed by atoms with Crippen molar-refractivity contribution in [2.24, 2.45) is 0 Å². The lowest BCUT2D eigenvalue weighted by atomic mass is 9.77. The maximum atomic E-state index is 13.0. The molecule has 4 heterocycles. The van der Waals surface area contributed by atoms with Crippen LogP contribution in [0.3, 0.4) is 0 Å². The van der Waals surface area contributed by atoms with E-state index in [4.69, 9.17) is 4.98 Å². The van der Waals surface area contributed by atoms with Gasteiger partial charge in [-0.3, -0.25) is 19.3 Å². The number of amides is 1. The number of rotatable bonds is 4. The quantitative estimate of drug-likeness (QED) is 0.701. The highest BCUT2D eigenvalue weighted by atomic mass is 16.2. The van der Waals surface area contributed by atoms with Crippen LogP contribution in [0, 0.1) is 6.92 Å². The number of aromatic nitrogens is 5. The molecule has 1 aliphatic carbocycles. The summed E-state index contributed by atoms with van der Waals surface area (Å²) in [6, 6.07) is 5.67. The molecule has 1 saturated heterocycles. The molecule has 1 unspecified atom stereocenters. The molecule has 3 aromatic heterocycles. The van der Waals surface area contributed by atoms with Gasteiger partial charge < -0.3 is 9.88 Å². The monoisotopic (exact) mass is 418 g/mol. The highest BCUT2D eigenvalue weighted by Crippen LogP contribution is 2.43. The molecule has 3 aromatic rings. The predicted octanol–water partition coefficient (Wildman–Crippen LogP) is 2.23. The maximum absolute atomic E-state index is 13.0. The number of hydrogen-bond donors (Lipinski definition) is 1. The number of pyridine rings is 1. The number of hydrogen-bond acceptors (Lipinski definition) is 5. The zero-order chi connectivity index (χ0) is 21.4. The minimum atomic E-state index is -0.239. The Morgan fingerprint density at radius 1 is 1.29 bits per heavy atom. The van der Waals surface area contributed by atoms with Crippen LogP contribution in [0.4, 0.5) is 0 Å². The third kappa shape index (κ3) is 3.66. The van der Waals surface area contributed by atoms with Gasteiger partial charge in [0, 0.05) is 61.2 Å². The summed E-state index contributed by atoms with van der Waals surface area (Å²) in [6.45, 7) is 3.90. The van der Waals surface area contributed by atoms with Gasteiger partial charge in [-0.2, -0.15) is 5.10 Å². The topological polar surface area (TPSA) is 96.8 Å².